The average molecular weight is 354 g/mol. The summed E-state index contributed by atoms with van der Waals surface area (Å²) in [6.45, 7) is 7.26. The first-order chi connectivity index (χ1) is 12.6. The number of ether oxygens (including phenoxy) is 2. The van der Waals surface area contributed by atoms with Crippen molar-refractivity contribution in [3.05, 3.63) is 59.7 Å². The van der Waals surface area contributed by atoms with Gasteiger partial charge in [0.2, 0.25) is 0 Å². The lowest BCUT2D eigenvalue weighted by molar-refractivity contribution is 0.0734. The topological polar surface area (TPSA) is 35.5 Å². The fourth-order valence-corrected chi connectivity index (χ4v) is 2.67. The molecule has 1 atom stereocenters. The summed E-state index contributed by atoms with van der Waals surface area (Å²) in [6, 6.07) is 14.9. The van der Waals surface area contributed by atoms with Crippen LogP contribution in [0.15, 0.2) is 48.5 Å². The molecular formula is C23H30O3. The molecule has 0 radical (unpaired) electrons. The Morgan fingerprint density at radius 2 is 1.54 bits per heavy atom. The number of hydrogen-bond acceptors (Lipinski definition) is 3. The monoisotopic (exact) mass is 354 g/mol. The molecule has 3 heteroatoms. The third-order valence-corrected chi connectivity index (χ3v) is 4.63. The van der Waals surface area contributed by atoms with E-state index in [4.69, 9.17) is 9.47 Å². The van der Waals surface area contributed by atoms with E-state index in [2.05, 4.69) is 20.8 Å². The molecule has 0 amide bonds. The largest absolute Gasteiger partial charge is 0.494 e. The smallest absolute Gasteiger partial charge is 0.343 e. The van der Waals surface area contributed by atoms with Crippen LogP contribution in [-0.2, 0) is 0 Å². The second-order valence-corrected chi connectivity index (χ2v) is 6.70. The third kappa shape index (κ3) is 6.21. The van der Waals surface area contributed by atoms with E-state index < -0.39 is 0 Å². The summed E-state index contributed by atoms with van der Waals surface area (Å²) in [5, 5.41) is 0. The van der Waals surface area contributed by atoms with E-state index in [0.717, 1.165) is 25.2 Å². The Morgan fingerprint density at radius 3 is 2.15 bits per heavy atom. The molecule has 2 aromatic carbocycles. The SMILES string of the molecule is CCCCCCOc1ccc(OC(=O)c2ccc(C(C)CC)cc2)cc1. The molecule has 140 valence electrons. The Bertz CT molecular complexity index is 659. The summed E-state index contributed by atoms with van der Waals surface area (Å²) in [6.07, 6.45) is 5.81. The Morgan fingerprint density at radius 1 is 0.885 bits per heavy atom. The molecule has 26 heavy (non-hydrogen) atoms. The lowest BCUT2D eigenvalue weighted by Gasteiger charge is -2.10. The first-order valence-electron chi connectivity index (χ1n) is 9.69. The zero-order valence-corrected chi connectivity index (χ0v) is 16.2. The van der Waals surface area contributed by atoms with Gasteiger partial charge in [-0.15, -0.1) is 0 Å². The van der Waals surface area contributed by atoms with Crippen LogP contribution < -0.4 is 9.47 Å². The third-order valence-electron chi connectivity index (χ3n) is 4.63. The normalized spacial score (nSPS) is 11.8. The van der Waals surface area contributed by atoms with Crippen molar-refractivity contribution in [1.82, 2.24) is 0 Å². The van der Waals surface area contributed by atoms with Gasteiger partial charge >= 0.3 is 5.97 Å². The van der Waals surface area contributed by atoms with Gasteiger partial charge in [-0.25, -0.2) is 4.79 Å². The fraction of sp³-hybridized carbons (Fsp3) is 0.435. The summed E-state index contributed by atoms with van der Waals surface area (Å²) < 4.78 is 11.1. The highest BCUT2D eigenvalue weighted by molar-refractivity contribution is 5.91. The van der Waals surface area contributed by atoms with Crippen LogP contribution in [0.25, 0.3) is 0 Å². The predicted molar refractivity (Wildman–Crippen MR) is 106 cm³/mol. The Labute approximate surface area is 157 Å². The van der Waals surface area contributed by atoms with Crippen molar-refractivity contribution >= 4 is 5.97 Å². The van der Waals surface area contributed by atoms with Gasteiger partial charge in [-0.2, -0.15) is 0 Å². The van der Waals surface area contributed by atoms with Gasteiger partial charge in [0.25, 0.3) is 0 Å². The number of carbonyl (C=O) groups excluding carboxylic acids is 1. The van der Waals surface area contributed by atoms with E-state index in [0.29, 0.717) is 17.2 Å². The molecule has 1 unspecified atom stereocenters. The molecule has 3 nitrogen and oxygen atoms in total. The lowest BCUT2D eigenvalue weighted by Crippen LogP contribution is -2.08. The molecule has 0 aliphatic carbocycles. The van der Waals surface area contributed by atoms with Crippen LogP contribution in [0.2, 0.25) is 0 Å². The number of rotatable bonds is 10. The zero-order chi connectivity index (χ0) is 18.8. The summed E-state index contributed by atoms with van der Waals surface area (Å²) in [7, 11) is 0. The minimum Gasteiger partial charge on any atom is -0.494 e. The maximum absolute atomic E-state index is 12.3. The van der Waals surface area contributed by atoms with Crippen LogP contribution in [0.5, 0.6) is 11.5 Å². The average Bonchev–Trinajstić information content (AvgIpc) is 2.68. The second-order valence-electron chi connectivity index (χ2n) is 6.70. The number of carbonyl (C=O) groups is 1. The molecule has 2 aromatic rings. The molecule has 2 rings (SSSR count). The molecule has 0 aliphatic rings. The van der Waals surface area contributed by atoms with Crippen molar-refractivity contribution in [2.24, 2.45) is 0 Å². The molecule has 0 aromatic heterocycles. The molecule has 0 N–H and O–H groups in total. The van der Waals surface area contributed by atoms with Gasteiger partial charge in [0.1, 0.15) is 11.5 Å². The molecule has 0 heterocycles. The molecule has 0 saturated carbocycles. The number of benzene rings is 2. The van der Waals surface area contributed by atoms with Gasteiger partial charge in [0, 0.05) is 0 Å². The Balaban J connectivity index is 1.85. The summed E-state index contributed by atoms with van der Waals surface area (Å²) in [5.74, 6) is 1.49. The van der Waals surface area contributed by atoms with Crippen LogP contribution in [-0.4, -0.2) is 12.6 Å². The van der Waals surface area contributed by atoms with Crippen LogP contribution >= 0.6 is 0 Å². The predicted octanol–water partition coefficient (Wildman–Crippen LogP) is 6.38. The van der Waals surface area contributed by atoms with Gasteiger partial charge in [-0.05, 0) is 60.7 Å². The zero-order valence-electron chi connectivity index (χ0n) is 16.2. The summed E-state index contributed by atoms with van der Waals surface area (Å²) in [4.78, 5) is 12.3. The number of esters is 1. The van der Waals surface area contributed by atoms with Crippen LogP contribution in [0, 0.1) is 0 Å². The van der Waals surface area contributed by atoms with Gasteiger partial charge < -0.3 is 9.47 Å². The van der Waals surface area contributed by atoms with E-state index in [1.165, 1.54) is 24.8 Å². The molecule has 0 spiro atoms. The molecule has 0 bridgehead atoms. The van der Waals surface area contributed by atoms with Crippen molar-refractivity contribution < 1.29 is 14.3 Å². The van der Waals surface area contributed by atoms with Crippen molar-refractivity contribution in [1.29, 1.82) is 0 Å². The van der Waals surface area contributed by atoms with E-state index in [1.807, 2.05) is 36.4 Å². The minimum absolute atomic E-state index is 0.339. The van der Waals surface area contributed by atoms with Crippen LogP contribution in [0.3, 0.4) is 0 Å². The van der Waals surface area contributed by atoms with Crippen molar-refractivity contribution in [3.8, 4) is 11.5 Å². The van der Waals surface area contributed by atoms with E-state index in [1.54, 1.807) is 12.1 Å². The highest BCUT2D eigenvalue weighted by Gasteiger charge is 2.10. The summed E-state index contributed by atoms with van der Waals surface area (Å²) >= 11 is 0. The van der Waals surface area contributed by atoms with Crippen molar-refractivity contribution in [2.45, 2.75) is 58.8 Å². The van der Waals surface area contributed by atoms with Crippen molar-refractivity contribution in [3.63, 3.8) is 0 Å². The maximum atomic E-state index is 12.3. The first-order valence-corrected chi connectivity index (χ1v) is 9.69. The Kier molecular flexibility index (Phi) is 8.20. The minimum atomic E-state index is -0.339. The van der Waals surface area contributed by atoms with Gasteiger partial charge in [0.15, 0.2) is 0 Å². The molecule has 0 saturated heterocycles. The first kappa shape index (κ1) is 20.0. The van der Waals surface area contributed by atoms with Crippen LogP contribution in [0.4, 0.5) is 0 Å². The highest BCUT2D eigenvalue weighted by Crippen LogP contribution is 2.21. The standard InChI is InChI=1S/C23H30O3/c1-4-6-7-8-17-25-21-13-15-22(16-14-21)26-23(24)20-11-9-19(10-12-20)18(3)5-2/h9-16,18H,4-8,17H2,1-3H3. The van der Waals surface area contributed by atoms with E-state index >= 15 is 0 Å². The molecule has 0 aliphatic heterocycles. The quantitative estimate of drug-likeness (QED) is 0.282. The highest BCUT2D eigenvalue weighted by atomic mass is 16.5. The molecule has 0 fully saturated rings. The number of hydrogen-bond donors (Lipinski definition) is 0. The van der Waals surface area contributed by atoms with Gasteiger partial charge in [-0.1, -0.05) is 52.2 Å². The molecular weight excluding hydrogens is 324 g/mol. The fourth-order valence-electron chi connectivity index (χ4n) is 2.67. The second kappa shape index (κ2) is 10.6. The maximum Gasteiger partial charge on any atom is 0.343 e. The number of unbranched alkanes of at least 4 members (excludes halogenated alkanes) is 3. The van der Waals surface area contributed by atoms with Crippen LogP contribution in [0.1, 0.15) is 74.7 Å². The van der Waals surface area contributed by atoms with Crippen molar-refractivity contribution in [2.75, 3.05) is 6.61 Å². The van der Waals surface area contributed by atoms with Gasteiger partial charge in [0.05, 0.1) is 12.2 Å². The Hall–Kier alpha value is -2.29. The summed E-state index contributed by atoms with van der Waals surface area (Å²) in [5.41, 5.74) is 1.80. The van der Waals surface area contributed by atoms with Gasteiger partial charge in [-0.3, -0.25) is 0 Å². The lowest BCUT2D eigenvalue weighted by atomic mass is 9.98. The van der Waals surface area contributed by atoms with E-state index in [9.17, 15) is 4.79 Å². The van der Waals surface area contributed by atoms with E-state index in [-0.39, 0.29) is 5.97 Å².